The van der Waals surface area contributed by atoms with Crippen LogP contribution in [0.3, 0.4) is 0 Å². The molecule has 1 amide bonds. The predicted octanol–water partition coefficient (Wildman–Crippen LogP) is 2.74. The molecule has 0 atom stereocenters. The monoisotopic (exact) mass is 378 g/mol. The van der Waals surface area contributed by atoms with Crippen LogP contribution in [0.2, 0.25) is 0 Å². The van der Waals surface area contributed by atoms with E-state index < -0.39 is 21.7 Å². The summed E-state index contributed by atoms with van der Waals surface area (Å²) in [5.74, 6) is -0.700. The molecule has 0 aliphatic heterocycles. The number of ether oxygens (including phenoxy) is 1. The van der Waals surface area contributed by atoms with Crippen molar-refractivity contribution in [1.82, 2.24) is 4.31 Å². The Kier molecular flexibility index (Phi) is 6.12. The van der Waals surface area contributed by atoms with Crippen molar-refractivity contribution in [3.63, 3.8) is 0 Å². The van der Waals surface area contributed by atoms with E-state index in [2.05, 4.69) is 5.32 Å². The number of carbonyl (C=O) groups is 1. The van der Waals surface area contributed by atoms with Crippen molar-refractivity contribution in [3.05, 3.63) is 59.9 Å². The molecule has 2 aromatic carbocycles. The van der Waals surface area contributed by atoms with Crippen LogP contribution in [-0.4, -0.2) is 39.8 Å². The molecule has 0 fully saturated rings. The van der Waals surface area contributed by atoms with Crippen molar-refractivity contribution in [2.45, 2.75) is 4.90 Å². The first kappa shape index (κ1) is 19.6. The number of nitrogens with zero attached hydrogens (tertiary/aromatic N) is 1. The summed E-state index contributed by atoms with van der Waals surface area (Å²) >= 11 is 0. The van der Waals surface area contributed by atoms with Crippen LogP contribution in [0.15, 0.2) is 53.4 Å². The van der Waals surface area contributed by atoms with Crippen LogP contribution < -0.4 is 10.1 Å². The second-order valence-electron chi connectivity index (χ2n) is 5.49. The van der Waals surface area contributed by atoms with Gasteiger partial charge in [0.25, 0.3) is 0 Å². The van der Waals surface area contributed by atoms with Gasteiger partial charge >= 0.3 is 0 Å². The number of methoxy groups -OCH3 is 1. The number of halogens is 1. The molecule has 0 bridgehead atoms. The van der Waals surface area contributed by atoms with Crippen LogP contribution in [0.4, 0.5) is 10.1 Å². The number of amides is 1. The van der Waals surface area contributed by atoms with E-state index in [4.69, 9.17) is 4.74 Å². The fourth-order valence-electron chi connectivity index (χ4n) is 2.11. The zero-order valence-electron chi connectivity index (χ0n) is 14.6. The van der Waals surface area contributed by atoms with E-state index in [1.165, 1.54) is 57.6 Å². The summed E-state index contributed by atoms with van der Waals surface area (Å²) in [6.07, 6.45) is 2.49. The number of benzene rings is 2. The Labute approximate surface area is 151 Å². The molecule has 138 valence electrons. The highest BCUT2D eigenvalue weighted by molar-refractivity contribution is 7.89. The maximum absolute atomic E-state index is 13.6. The second-order valence-corrected chi connectivity index (χ2v) is 7.65. The maximum Gasteiger partial charge on any atom is 0.248 e. The van der Waals surface area contributed by atoms with Gasteiger partial charge in [0.05, 0.1) is 17.7 Å². The predicted molar refractivity (Wildman–Crippen MR) is 97.9 cm³/mol. The Morgan fingerprint density at radius 3 is 2.50 bits per heavy atom. The van der Waals surface area contributed by atoms with Gasteiger partial charge in [-0.05, 0) is 30.3 Å². The molecule has 0 aromatic heterocycles. The lowest BCUT2D eigenvalue weighted by Crippen LogP contribution is -2.22. The molecule has 2 rings (SSSR count). The van der Waals surface area contributed by atoms with Crippen LogP contribution in [-0.2, 0) is 14.8 Å². The Balaban J connectivity index is 2.27. The van der Waals surface area contributed by atoms with Gasteiger partial charge in [-0.2, -0.15) is 0 Å². The number of hydrogen-bond acceptors (Lipinski definition) is 4. The fourth-order valence-corrected chi connectivity index (χ4v) is 3.03. The fraction of sp³-hybridized carbons (Fsp3) is 0.167. The quantitative estimate of drug-likeness (QED) is 0.785. The lowest BCUT2D eigenvalue weighted by atomic mass is 10.2. The molecule has 0 unspecified atom stereocenters. The van der Waals surface area contributed by atoms with Gasteiger partial charge in [-0.1, -0.05) is 18.2 Å². The van der Waals surface area contributed by atoms with Crippen LogP contribution >= 0.6 is 0 Å². The SMILES string of the molecule is COc1ccc(S(=O)(=O)N(C)C)cc1NC(=O)/C=C/c1ccccc1F. The van der Waals surface area contributed by atoms with Gasteiger partial charge in [-0.25, -0.2) is 17.1 Å². The molecule has 0 spiro atoms. The molecule has 8 heteroatoms. The average molecular weight is 378 g/mol. The molecule has 0 saturated heterocycles. The van der Waals surface area contributed by atoms with E-state index in [-0.39, 0.29) is 16.1 Å². The van der Waals surface area contributed by atoms with E-state index in [1.807, 2.05) is 0 Å². The largest absolute Gasteiger partial charge is 0.495 e. The van der Waals surface area contributed by atoms with E-state index in [9.17, 15) is 17.6 Å². The van der Waals surface area contributed by atoms with Crippen LogP contribution in [0, 0.1) is 5.82 Å². The second kappa shape index (κ2) is 8.11. The van der Waals surface area contributed by atoms with E-state index in [0.717, 1.165) is 10.4 Å². The van der Waals surface area contributed by atoms with Crippen molar-refractivity contribution >= 4 is 27.7 Å². The Bertz CT molecular complexity index is 940. The molecule has 0 radical (unpaired) electrons. The van der Waals surface area contributed by atoms with Crippen molar-refractivity contribution in [2.75, 3.05) is 26.5 Å². The van der Waals surface area contributed by atoms with Gasteiger partial charge in [0.2, 0.25) is 15.9 Å². The van der Waals surface area contributed by atoms with Gasteiger partial charge in [0, 0.05) is 25.7 Å². The Hall–Kier alpha value is -2.71. The van der Waals surface area contributed by atoms with Crippen molar-refractivity contribution in [1.29, 1.82) is 0 Å². The number of sulfonamides is 1. The summed E-state index contributed by atoms with van der Waals surface area (Å²) < 4.78 is 44.3. The number of nitrogens with one attached hydrogen (secondary N) is 1. The zero-order valence-corrected chi connectivity index (χ0v) is 15.4. The minimum absolute atomic E-state index is 0.0108. The zero-order chi connectivity index (χ0) is 19.3. The van der Waals surface area contributed by atoms with Gasteiger partial charge in [0.1, 0.15) is 11.6 Å². The molecule has 26 heavy (non-hydrogen) atoms. The molecule has 0 aliphatic rings. The molecule has 0 heterocycles. The van der Waals surface area contributed by atoms with E-state index >= 15 is 0 Å². The van der Waals surface area contributed by atoms with Crippen LogP contribution in [0.25, 0.3) is 6.08 Å². The lowest BCUT2D eigenvalue weighted by molar-refractivity contribution is -0.111. The summed E-state index contributed by atoms with van der Waals surface area (Å²) in [5, 5.41) is 2.55. The minimum Gasteiger partial charge on any atom is -0.495 e. The van der Waals surface area contributed by atoms with Crippen molar-refractivity contribution < 1.29 is 22.3 Å². The first-order valence-corrected chi connectivity index (χ1v) is 9.04. The topological polar surface area (TPSA) is 75.7 Å². The molecule has 6 nitrogen and oxygen atoms in total. The first-order chi connectivity index (χ1) is 12.3. The van der Waals surface area contributed by atoms with Crippen LogP contribution in [0.5, 0.6) is 5.75 Å². The third-order valence-corrected chi connectivity index (χ3v) is 5.34. The highest BCUT2D eigenvalue weighted by Gasteiger charge is 2.19. The standard InChI is InChI=1S/C18H19FN2O4S/c1-21(2)26(23,24)14-9-10-17(25-3)16(12-14)20-18(22)11-8-13-6-4-5-7-15(13)19/h4-12H,1-3H3,(H,20,22)/b11-8+. The number of anilines is 1. The number of carbonyl (C=O) groups excluding carboxylic acids is 1. The number of hydrogen-bond donors (Lipinski definition) is 1. The van der Waals surface area contributed by atoms with Crippen LogP contribution in [0.1, 0.15) is 5.56 Å². The smallest absolute Gasteiger partial charge is 0.248 e. The third-order valence-electron chi connectivity index (χ3n) is 3.53. The normalized spacial score (nSPS) is 11.7. The van der Waals surface area contributed by atoms with Gasteiger partial charge in [-0.3, -0.25) is 4.79 Å². The summed E-state index contributed by atoms with van der Waals surface area (Å²) in [6, 6.07) is 10.2. The van der Waals surface area contributed by atoms with Gasteiger partial charge in [-0.15, -0.1) is 0 Å². The Morgan fingerprint density at radius 1 is 1.19 bits per heavy atom. The van der Waals surface area contributed by atoms with Gasteiger partial charge in [0.15, 0.2) is 0 Å². The molecular formula is C18H19FN2O4S. The molecular weight excluding hydrogens is 359 g/mol. The average Bonchev–Trinajstić information content (AvgIpc) is 2.60. The minimum atomic E-state index is -3.66. The highest BCUT2D eigenvalue weighted by atomic mass is 32.2. The summed E-state index contributed by atoms with van der Waals surface area (Å²) in [6.45, 7) is 0. The molecule has 1 N–H and O–H groups in total. The van der Waals surface area contributed by atoms with E-state index in [0.29, 0.717) is 5.75 Å². The number of rotatable bonds is 6. The molecule has 0 aliphatic carbocycles. The summed E-state index contributed by atoms with van der Waals surface area (Å²) in [4.78, 5) is 12.1. The third kappa shape index (κ3) is 4.47. The summed E-state index contributed by atoms with van der Waals surface area (Å²) in [5.41, 5.74) is 0.456. The highest BCUT2D eigenvalue weighted by Crippen LogP contribution is 2.28. The van der Waals surface area contributed by atoms with Gasteiger partial charge < -0.3 is 10.1 Å². The molecule has 2 aromatic rings. The Morgan fingerprint density at radius 2 is 1.88 bits per heavy atom. The van der Waals surface area contributed by atoms with E-state index in [1.54, 1.807) is 12.1 Å². The first-order valence-electron chi connectivity index (χ1n) is 7.60. The lowest BCUT2D eigenvalue weighted by Gasteiger charge is -2.14. The summed E-state index contributed by atoms with van der Waals surface area (Å²) in [7, 11) is 0.564. The maximum atomic E-state index is 13.6. The van der Waals surface area contributed by atoms with Crippen molar-refractivity contribution in [3.8, 4) is 5.75 Å². The van der Waals surface area contributed by atoms with Crippen molar-refractivity contribution in [2.24, 2.45) is 0 Å². The molecule has 0 saturated carbocycles.